The summed E-state index contributed by atoms with van der Waals surface area (Å²) >= 11 is 2.80. The molecule has 2 N–H and O–H groups in total. The fourth-order valence-corrected chi connectivity index (χ4v) is 3.60. The molecule has 0 spiro atoms. The van der Waals surface area contributed by atoms with E-state index in [1.165, 1.54) is 29.4 Å². The molecule has 2 heterocycles. The molecule has 0 aliphatic heterocycles. The first-order chi connectivity index (χ1) is 11.2. The molecule has 0 bridgehead atoms. The summed E-state index contributed by atoms with van der Waals surface area (Å²) in [6.07, 6.45) is 1.47. The Morgan fingerprint density at radius 3 is 2.78 bits per heavy atom. The summed E-state index contributed by atoms with van der Waals surface area (Å²) in [7, 11) is 0. The first-order valence-electron chi connectivity index (χ1n) is 6.69. The Balaban J connectivity index is 1.53. The van der Waals surface area contributed by atoms with Crippen molar-refractivity contribution in [2.24, 2.45) is 0 Å². The summed E-state index contributed by atoms with van der Waals surface area (Å²) in [6, 6.07) is 10.3. The maximum Gasteiger partial charge on any atom is 0.325 e. The minimum atomic E-state index is -0.550. The minimum Gasteiger partial charge on any atom is -0.308 e. The average Bonchev–Trinajstić information content (AvgIpc) is 3.03. The van der Waals surface area contributed by atoms with Crippen molar-refractivity contribution < 1.29 is 9.59 Å². The van der Waals surface area contributed by atoms with Crippen molar-refractivity contribution in [3.8, 4) is 0 Å². The summed E-state index contributed by atoms with van der Waals surface area (Å²) in [6.45, 7) is 0. The van der Waals surface area contributed by atoms with Gasteiger partial charge in [-0.3, -0.25) is 10.1 Å². The summed E-state index contributed by atoms with van der Waals surface area (Å²) in [5.74, 6) is -0.279. The van der Waals surface area contributed by atoms with E-state index in [1.54, 1.807) is 24.3 Å². The van der Waals surface area contributed by atoms with Crippen LogP contribution in [0.2, 0.25) is 0 Å². The summed E-state index contributed by atoms with van der Waals surface area (Å²) < 4.78 is 0.944. The number of benzene rings is 1. The van der Waals surface area contributed by atoms with Crippen molar-refractivity contribution in [1.29, 1.82) is 0 Å². The summed E-state index contributed by atoms with van der Waals surface area (Å²) in [5.41, 5.74) is 1.48. The molecule has 3 aromatic rings. The quantitative estimate of drug-likeness (QED) is 0.561. The van der Waals surface area contributed by atoms with Crippen molar-refractivity contribution in [2.45, 2.75) is 5.03 Å². The summed E-state index contributed by atoms with van der Waals surface area (Å²) in [5, 5.41) is 7.55. The van der Waals surface area contributed by atoms with Gasteiger partial charge in [-0.05, 0) is 23.6 Å². The fraction of sp³-hybridized carbons (Fsp3) is 0.0667. The van der Waals surface area contributed by atoms with Gasteiger partial charge in [-0.15, -0.1) is 11.3 Å². The number of para-hydroxylation sites is 1. The van der Waals surface area contributed by atoms with E-state index in [4.69, 9.17) is 0 Å². The second-order valence-corrected chi connectivity index (χ2v) is 6.35. The number of fused-ring (bicyclic) bond motifs is 1. The van der Waals surface area contributed by atoms with Crippen LogP contribution >= 0.6 is 23.1 Å². The molecule has 1 aromatic carbocycles. The Morgan fingerprint density at radius 2 is 1.96 bits per heavy atom. The molecule has 0 aliphatic carbocycles. The molecule has 0 aliphatic rings. The Labute approximate surface area is 140 Å². The van der Waals surface area contributed by atoms with Gasteiger partial charge >= 0.3 is 6.03 Å². The zero-order chi connectivity index (χ0) is 16.1. The van der Waals surface area contributed by atoms with Gasteiger partial charge in [0, 0.05) is 5.69 Å². The second-order valence-electron chi connectivity index (χ2n) is 4.47. The molecule has 0 saturated carbocycles. The number of hydrogen-bond donors (Lipinski definition) is 2. The van der Waals surface area contributed by atoms with Gasteiger partial charge in [0.15, 0.2) is 0 Å². The number of thioether (sulfide) groups is 1. The molecule has 0 unspecified atom stereocenters. The SMILES string of the molecule is O=C(CSc1ncnc2ccsc12)NC(=O)Nc1ccccc1. The number of urea groups is 1. The highest BCUT2D eigenvalue weighted by Gasteiger charge is 2.11. The van der Waals surface area contributed by atoms with Gasteiger partial charge in [-0.25, -0.2) is 14.8 Å². The van der Waals surface area contributed by atoms with E-state index in [9.17, 15) is 9.59 Å². The Morgan fingerprint density at radius 1 is 1.13 bits per heavy atom. The van der Waals surface area contributed by atoms with E-state index in [-0.39, 0.29) is 11.7 Å². The highest BCUT2D eigenvalue weighted by Crippen LogP contribution is 2.28. The topological polar surface area (TPSA) is 84.0 Å². The lowest BCUT2D eigenvalue weighted by molar-refractivity contribution is -0.117. The molecule has 6 nitrogen and oxygen atoms in total. The molecule has 0 atom stereocenters. The van der Waals surface area contributed by atoms with Crippen LogP contribution in [0.1, 0.15) is 0 Å². The molecule has 2 aromatic heterocycles. The monoisotopic (exact) mass is 344 g/mol. The lowest BCUT2D eigenvalue weighted by Crippen LogP contribution is -2.35. The van der Waals surface area contributed by atoms with Crippen molar-refractivity contribution >= 4 is 50.9 Å². The third-order valence-corrected chi connectivity index (χ3v) is 4.86. The van der Waals surface area contributed by atoms with Crippen LogP contribution in [-0.4, -0.2) is 27.7 Å². The Hall–Kier alpha value is -2.45. The molecular formula is C15H12N4O2S2. The second kappa shape index (κ2) is 7.21. The number of hydrogen-bond acceptors (Lipinski definition) is 6. The van der Waals surface area contributed by atoms with Crippen LogP contribution in [0.3, 0.4) is 0 Å². The fourth-order valence-electron chi connectivity index (χ4n) is 1.85. The number of aromatic nitrogens is 2. The van der Waals surface area contributed by atoms with Crippen LogP contribution in [0.4, 0.5) is 10.5 Å². The predicted molar refractivity (Wildman–Crippen MR) is 91.7 cm³/mol. The van der Waals surface area contributed by atoms with Crippen LogP contribution in [0, 0.1) is 0 Å². The normalized spacial score (nSPS) is 10.4. The van der Waals surface area contributed by atoms with Gasteiger partial charge in [-0.2, -0.15) is 0 Å². The zero-order valence-corrected chi connectivity index (χ0v) is 13.5. The zero-order valence-electron chi connectivity index (χ0n) is 11.9. The van der Waals surface area contributed by atoms with Gasteiger partial charge in [-0.1, -0.05) is 30.0 Å². The molecule has 0 saturated heterocycles. The number of rotatable bonds is 4. The standard InChI is InChI=1S/C15H12N4O2S2/c20-12(19-15(21)18-10-4-2-1-3-5-10)8-23-14-13-11(6-7-22-13)16-9-17-14/h1-7,9H,8H2,(H2,18,19,20,21). The lowest BCUT2D eigenvalue weighted by atomic mass is 10.3. The molecular weight excluding hydrogens is 332 g/mol. The number of carbonyl (C=O) groups is 2. The van der Waals surface area contributed by atoms with Gasteiger partial charge in [0.2, 0.25) is 5.91 Å². The van der Waals surface area contributed by atoms with Crippen LogP contribution in [0.25, 0.3) is 10.2 Å². The number of nitrogens with one attached hydrogen (secondary N) is 2. The highest BCUT2D eigenvalue weighted by atomic mass is 32.2. The first kappa shape index (κ1) is 15.4. The molecule has 3 amide bonds. The van der Waals surface area contributed by atoms with Gasteiger partial charge in [0.05, 0.1) is 16.0 Å². The van der Waals surface area contributed by atoms with Crippen molar-refractivity contribution in [1.82, 2.24) is 15.3 Å². The maximum absolute atomic E-state index is 11.9. The van der Waals surface area contributed by atoms with Crippen molar-refractivity contribution in [3.63, 3.8) is 0 Å². The maximum atomic E-state index is 11.9. The van der Waals surface area contributed by atoms with Gasteiger partial charge < -0.3 is 5.32 Å². The molecule has 116 valence electrons. The van der Waals surface area contributed by atoms with Gasteiger partial charge in [0.25, 0.3) is 0 Å². The minimum absolute atomic E-state index is 0.103. The number of thiophene rings is 1. The average molecular weight is 344 g/mol. The highest BCUT2D eigenvalue weighted by molar-refractivity contribution is 8.00. The van der Waals surface area contributed by atoms with E-state index in [2.05, 4.69) is 20.6 Å². The Kier molecular flexibility index (Phi) is 4.84. The number of amides is 3. The van der Waals surface area contributed by atoms with Crippen molar-refractivity contribution in [2.75, 3.05) is 11.1 Å². The van der Waals surface area contributed by atoms with E-state index in [1.807, 2.05) is 17.5 Å². The number of nitrogens with zero attached hydrogens (tertiary/aromatic N) is 2. The first-order valence-corrected chi connectivity index (χ1v) is 8.56. The predicted octanol–water partition coefficient (Wildman–Crippen LogP) is 3.13. The smallest absolute Gasteiger partial charge is 0.308 e. The van der Waals surface area contributed by atoms with Gasteiger partial charge in [0.1, 0.15) is 11.4 Å². The van der Waals surface area contributed by atoms with Crippen LogP contribution < -0.4 is 10.6 Å². The van der Waals surface area contributed by atoms with Crippen LogP contribution in [0.15, 0.2) is 53.1 Å². The molecule has 3 rings (SSSR count). The molecule has 0 fully saturated rings. The molecule has 0 radical (unpaired) electrons. The third kappa shape index (κ3) is 4.05. The lowest BCUT2D eigenvalue weighted by Gasteiger charge is -2.06. The largest absolute Gasteiger partial charge is 0.325 e. The molecule has 8 heteroatoms. The van der Waals surface area contributed by atoms with E-state index >= 15 is 0 Å². The Bertz CT molecular complexity index is 836. The van der Waals surface area contributed by atoms with Crippen LogP contribution in [0.5, 0.6) is 0 Å². The summed E-state index contributed by atoms with van der Waals surface area (Å²) in [4.78, 5) is 31.9. The number of carbonyl (C=O) groups excluding carboxylic acids is 2. The van der Waals surface area contributed by atoms with E-state index < -0.39 is 6.03 Å². The van der Waals surface area contributed by atoms with Crippen molar-refractivity contribution in [3.05, 3.63) is 48.1 Å². The number of anilines is 1. The van der Waals surface area contributed by atoms with Crippen LogP contribution in [-0.2, 0) is 4.79 Å². The third-order valence-electron chi connectivity index (χ3n) is 2.84. The van der Waals surface area contributed by atoms with E-state index in [0.29, 0.717) is 5.69 Å². The van der Waals surface area contributed by atoms with E-state index in [0.717, 1.165) is 15.2 Å². The molecule has 23 heavy (non-hydrogen) atoms. The number of imide groups is 1.